The van der Waals surface area contributed by atoms with Gasteiger partial charge in [-0.1, -0.05) is 12.0 Å². The maximum Gasteiger partial charge on any atom is 0.264 e. The first-order valence-corrected chi connectivity index (χ1v) is 11.9. The smallest absolute Gasteiger partial charge is 0.264 e. The van der Waals surface area contributed by atoms with Gasteiger partial charge in [-0.2, -0.15) is 4.31 Å². The zero-order valence-electron chi connectivity index (χ0n) is 16.4. The molecule has 31 heavy (non-hydrogen) atoms. The second-order valence-electron chi connectivity index (χ2n) is 7.27. The summed E-state index contributed by atoms with van der Waals surface area (Å²) >= 11 is 1.40. The first kappa shape index (κ1) is 19.8. The molecule has 7 nitrogen and oxygen atoms in total. The fourth-order valence-corrected chi connectivity index (χ4v) is 6.15. The topological polar surface area (TPSA) is 86.4 Å². The van der Waals surface area contributed by atoms with Crippen LogP contribution in [0.2, 0.25) is 0 Å². The van der Waals surface area contributed by atoms with Gasteiger partial charge in [-0.15, -0.1) is 17.8 Å². The number of fused-ring (bicyclic) bond motifs is 2. The summed E-state index contributed by atoms with van der Waals surface area (Å²) in [5, 5.41) is 0.914. The Balaban J connectivity index is 1.32. The maximum atomic E-state index is 13.1. The van der Waals surface area contributed by atoms with Gasteiger partial charge in [0.15, 0.2) is 0 Å². The van der Waals surface area contributed by atoms with Gasteiger partial charge in [0, 0.05) is 48.8 Å². The third-order valence-corrected chi connectivity index (χ3v) is 8.30. The third kappa shape index (κ3) is 3.49. The molecule has 0 saturated carbocycles. The Kier molecular flexibility index (Phi) is 4.78. The largest absolute Gasteiger partial charge is 0.344 e. The molecule has 1 fully saturated rings. The molecule has 0 aliphatic carbocycles. The summed E-state index contributed by atoms with van der Waals surface area (Å²) in [5.41, 5.74) is 2.16. The van der Waals surface area contributed by atoms with Crippen LogP contribution in [0.5, 0.6) is 0 Å². The number of hydrogen-bond acceptors (Lipinski definition) is 5. The van der Waals surface area contributed by atoms with E-state index >= 15 is 0 Å². The van der Waals surface area contributed by atoms with Gasteiger partial charge in [0.1, 0.15) is 5.03 Å². The van der Waals surface area contributed by atoms with Crippen LogP contribution < -0.4 is 0 Å². The van der Waals surface area contributed by atoms with Gasteiger partial charge < -0.3 is 9.88 Å². The molecule has 0 unspecified atom stereocenters. The zero-order valence-corrected chi connectivity index (χ0v) is 18.0. The molecule has 4 aromatic rings. The van der Waals surface area contributed by atoms with Crippen LogP contribution in [-0.2, 0) is 10.0 Å². The van der Waals surface area contributed by atoms with E-state index in [2.05, 4.69) is 15.9 Å². The van der Waals surface area contributed by atoms with E-state index in [9.17, 15) is 13.2 Å². The molecule has 1 aromatic carbocycles. The summed E-state index contributed by atoms with van der Waals surface area (Å²) in [7, 11) is -3.70. The molecule has 0 radical (unpaired) electrons. The predicted octanol–water partition coefficient (Wildman–Crippen LogP) is 2.91. The molecule has 0 spiro atoms. The number of carbonyl (C=O) groups is 1. The number of pyridine rings is 1. The molecule has 1 N–H and O–H groups in total. The standard InChI is InChI=1S/C22H18N4O3S2/c1-2-15-5-6-16-13-21(24-17(16)12-15)31(28,29)26-10-8-25(9-11-26)22(27)20-14-18-19(30-20)4-3-7-23-18/h1,3-7,12-14,24H,8-11H2. The lowest BCUT2D eigenvalue weighted by Crippen LogP contribution is -2.50. The van der Waals surface area contributed by atoms with E-state index in [4.69, 9.17) is 6.42 Å². The van der Waals surface area contributed by atoms with E-state index in [1.54, 1.807) is 41.4 Å². The average Bonchev–Trinajstić information content (AvgIpc) is 3.42. The van der Waals surface area contributed by atoms with Crippen LogP contribution >= 0.6 is 11.3 Å². The van der Waals surface area contributed by atoms with E-state index in [1.807, 2.05) is 12.1 Å². The second-order valence-corrected chi connectivity index (χ2v) is 10.3. The lowest BCUT2D eigenvalue weighted by molar-refractivity contribution is 0.0703. The monoisotopic (exact) mass is 450 g/mol. The van der Waals surface area contributed by atoms with Crippen molar-refractivity contribution in [2.75, 3.05) is 26.2 Å². The van der Waals surface area contributed by atoms with Crippen molar-refractivity contribution < 1.29 is 13.2 Å². The molecule has 3 aromatic heterocycles. The quantitative estimate of drug-likeness (QED) is 0.486. The molecule has 1 aliphatic rings. The highest BCUT2D eigenvalue weighted by Gasteiger charge is 2.32. The summed E-state index contributed by atoms with van der Waals surface area (Å²) in [6.07, 6.45) is 7.13. The van der Waals surface area contributed by atoms with Gasteiger partial charge in [0.25, 0.3) is 15.9 Å². The average molecular weight is 451 g/mol. The molecule has 1 saturated heterocycles. The number of nitrogens with one attached hydrogen (secondary N) is 1. The van der Waals surface area contributed by atoms with E-state index < -0.39 is 10.0 Å². The number of sulfonamides is 1. The second kappa shape index (κ2) is 7.50. The van der Waals surface area contributed by atoms with E-state index in [1.165, 1.54) is 15.6 Å². The molecule has 1 amide bonds. The SMILES string of the molecule is C#Cc1ccc2cc(S(=O)(=O)N3CCN(C(=O)c4cc5ncccc5s4)CC3)[nH]c2c1. The van der Waals surface area contributed by atoms with E-state index in [-0.39, 0.29) is 24.0 Å². The molecule has 0 bridgehead atoms. The fourth-order valence-electron chi connectivity index (χ4n) is 3.73. The highest BCUT2D eigenvalue weighted by molar-refractivity contribution is 7.89. The minimum absolute atomic E-state index is 0.0903. The highest BCUT2D eigenvalue weighted by Crippen LogP contribution is 2.26. The van der Waals surface area contributed by atoms with Crippen LogP contribution in [0.3, 0.4) is 0 Å². The highest BCUT2D eigenvalue weighted by atomic mass is 32.2. The number of H-pyrrole nitrogens is 1. The first-order valence-electron chi connectivity index (χ1n) is 9.69. The van der Waals surface area contributed by atoms with Gasteiger partial charge in [-0.05, 0) is 36.4 Å². The van der Waals surface area contributed by atoms with Crippen LogP contribution in [0.1, 0.15) is 15.2 Å². The zero-order chi connectivity index (χ0) is 21.6. The van der Waals surface area contributed by atoms with Gasteiger partial charge in [0.05, 0.1) is 15.1 Å². The van der Waals surface area contributed by atoms with Crippen LogP contribution in [0.25, 0.3) is 21.1 Å². The van der Waals surface area contributed by atoms with Crippen molar-refractivity contribution in [3.05, 3.63) is 59.1 Å². The van der Waals surface area contributed by atoms with Crippen molar-refractivity contribution in [1.29, 1.82) is 0 Å². The van der Waals surface area contributed by atoms with Crippen LogP contribution in [0, 0.1) is 12.3 Å². The number of nitrogens with zero attached hydrogens (tertiary/aromatic N) is 3. The van der Waals surface area contributed by atoms with E-state index in [0.717, 1.165) is 15.6 Å². The normalized spacial score (nSPS) is 15.4. The van der Waals surface area contributed by atoms with Crippen molar-refractivity contribution in [3.63, 3.8) is 0 Å². The molecule has 9 heteroatoms. The Morgan fingerprint density at radius 1 is 1.13 bits per heavy atom. The summed E-state index contributed by atoms with van der Waals surface area (Å²) in [4.78, 5) is 22.4. The van der Waals surface area contributed by atoms with Crippen molar-refractivity contribution in [1.82, 2.24) is 19.2 Å². The molecule has 5 rings (SSSR count). The summed E-state index contributed by atoms with van der Waals surface area (Å²) in [5.74, 6) is 2.46. The molecule has 156 valence electrons. The fraction of sp³-hybridized carbons (Fsp3) is 0.182. The number of amides is 1. The Labute approximate surface area is 183 Å². The van der Waals surface area contributed by atoms with Gasteiger partial charge in [-0.25, -0.2) is 8.42 Å². The van der Waals surface area contributed by atoms with Crippen LogP contribution in [0.15, 0.2) is 53.7 Å². The number of aromatic amines is 1. The lowest BCUT2D eigenvalue weighted by atomic mass is 10.2. The number of terminal acetylenes is 1. The number of rotatable bonds is 3. The molecule has 4 heterocycles. The number of carbonyl (C=O) groups excluding carboxylic acids is 1. The van der Waals surface area contributed by atoms with Crippen molar-refractivity contribution in [2.45, 2.75) is 5.03 Å². The summed E-state index contributed by atoms with van der Waals surface area (Å²) in [6, 6.07) is 12.5. The van der Waals surface area contributed by atoms with Gasteiger partial charge in [-0.3, -0.25) is 9.78 Å². The summed E-state index contributed by atoms with van der Waals surface area (Å²) < 4.78 is 28.6. The lowest BCUT2D eigenvalue weighted by Gasteiger charge is -2.33. The number of piperazine rings is 1. The number of thiophene rings is 1. The molecule has 0 atom stereocenters. The van der Waals surface area contributed by atoms with Crippen molar-refractivity contribution >= 4 is 48.4 Å². The number of benzene rings is 1. The minimum Gasteiger partial charge on any atom is -0.344 e. The third-order valence-electron chi connectivity index (χ3n) is 5.41. The van der Waals surface area contributed by atoms with Crippen molar-refractivity contribution in [3.8, 4) is 12.3 Å². The van der Waals surface area contributed by atoms with Gasteiger partial charge >= 0.3 is 0 Å². The number of aromatic nitrogens is 2. The Bertz CT molecular complexity index is 1420. The molecule has 1 aliphatic heterocycles. The van der Waals surface area contributed by atoms with Crippen molar-refractivity contribution in [2.24, 2.45) is 0 Å². The van der Waals surface area contributed by atoms with E-state index in [0.29, 0.717) is 29.0 Å². The summed E-state index contributed by atoms with van der Waals surface area (Å²) in [6.45, 7) is 1.15. The molecular formula is C22H18N4O3S2. The Morgan fingerprint density at radius 2 is 1.94 bits per heavy atom. The van der Waals surface area contributed by atoms with Gasteiger partial charge in [0.2, 0.25) is 0 Å². The van der Waals surface area contributed by atoms with Crippen LogP contribution in [0.4, 0.5) is 0 Å². The Hall–Kier alpha value is -3.19. The number of hydrogen-bond donors (Lipinski definition) is 1. The van der Waals surface area contributed by atoms with Crippen LogP contribution in [-0.4, -0.2) is 59.7 Å². The predicted molar refractivity (Wildman–Crippen MR) is 121 cm³/mol. The first-order chi connectivity index (χ1) is 15.0. The minimum atomic E-state index is -3.70. The maximum absolute atomic E-state index is 13.1. The molecular weight excluding hydrogens is 432 g/mol. The Morgan fingerprint density at radius 3 is 2.68 bits per heavy atom.